The van der Waals surface area contributed by atoms with Crippen LogP contribution >= 0.6 is 11.3 Å². The molecule has 44 heavy (non-hydrogen) atoms. The van der Waals surface area contributed by atoms with Crippen LogP contribution in [-0.2, 0) is 57.6 Å². The fraction of sp³-hybridized carbons (Fsp3) is 0.800. The zero-order chi connectivity index (χ0) is 32.3. The summed E-state index contributed by atoms with van der Waals surface area (Å²) in [4.78, 5) is 35.1. The van der Waals surface area contributed by atoms with Gasteiger partial charge in [-0.1, -0.05) is 24.7 Å². The number of esters is 1. The molecular formula is C25H45N5O12S2. The van der Waals surface area contributed by atoms with E-state index in [-0.39, 0.29) is 49.4 Å². The number of nitrogens with two attached hydrogens (primary N) is 1. The number of hydrogen-bond acceptors (Lipinski definition) is 15. The fourth-order valence-electron chi connectivity index (χ4n) is 2.89. The van der Waals surface area contributed by atoms with E-state index in [1.165, 1.54) is 0 Å². The number of nitrogens with zero attached hydrogens (tertiary/aromatic N) is 2. The van der Waals surface area contributed by atoms with Crippen molar-refractivity contribution in [3.63, 3.8) is 0 Å². The molecule has 0 fully saturated rings. The minimum Gasteiger partial charge on any atom is -0.466 e. The number of aromatic nitrogens is 2. The maximum Gasteiger partial charge on any atom is 0.308 e. The van der Waals surface area contributed by atoms with Gasteiger partial charge in [0, 0.05) is 19.4 Å². The van der Waals surface area contributed by atoms with Crippen molar-refractivity contribution in [3.05, 3.63) is 0 Å². The van der Waals surface area contributed by atoms with Gasteiger partial charge in [0.25, 0.3) is 10.0 Å². The lowest BCUT2D eigenvalue weighted by molar-refractivity contribution is -0.145. The van der Waals surface area contributed by atoms with Crippen molar-refractivity contribution < 1.29 is 56.0 Å². The second-order valence-corrected chi connectivity index (χ2v) is 11.5. The summed E-state index contributed by atoms with van der Waals surface area (Å²) >= 11 is 0.618. The maximum absolute atomic E-state index is 11.9. The Labute approximate surface area is 261 Å². The molecule has 17 nitrogen and oxygen atoms in total. The van der Waals surface area contributed by atoms with Gasteiger partial charge in [-0.25, -0.2) is 13.6 Å². The highest BCUT2D eigenvalue weighted by Gasteiger charge is 2.16. The molecule has 1 aromatic heterocycles. The largest absolute Gasteiger partial charge is 0.466 e. The molecule has 1 rings (SSSR count). The Kier molecular flexibility index (Phi) is 23.4. The van der Waals surface area contributed by atoms with Gasteiger partial charge >= 0.3 is 5.97 Å². The van der Waals surface area contributed by atoms with Crippen molar-refractivity contribution in [2.75, 3.05) is 97.8 Å². The number of unbranched alkanes of at least 4 members (excludes halogenated alkanes) is 1. The van der Waals surface area contributed by atoms with E-state index in [1.807, 2.05) is 6.92 Å². The summed E-state index contributed by atoms with van der Waals surface area (Å²) in [6.45, 7) is 7.47. The highest BCUT2D eigenvalue weighted by atomic mass is 32.2. The molecule has 0 aliphatic rings. The minimum atomic E-state index is -3.99. The molecule has 0 atom stereocenters. The summed E-state index contributed by atoms with van der Waals surface area (Å²) < 4.78 is 59.3. The van der Waals surface area contributed by atoms with E-state index in [9.17, 15) is 22.8 Å². The van der Waals surface area contributed by atoms with Crippen molar-refractivity contribution in [3.8, 4) is 0 Å². The van der Waals surface area contributed by atoms with Gasteiger partial charge in [-0.05, 0) is 6.42 Å². The van der Waals surface area contributed by atoms with Crippen LogP contribution in [0.2, 0.25) is 0 Å². The van der Waals surface area contributed by atoms with Gasteiger partial charge < -0.3 is 43.8 Å². The SMILES string of the molecule is CCCCOC(=O)CCOCCOCCOCCOCCOCCOCCNC(=O)CCC(=O)Nc1nnc(S(N)(=O)=O)s1. The van der Waals surface area contributed by atoms with Gasteiger partial charge in [0.15, 0.2) is 0 Å². The molecule has 0 saturated carbocycles. The second kappa shape index (κ2) is 25.9. The van der Waals surface area contributed by atoms with Gasteiger partial charge in [0.1, 0.15) is 0 Å². The van der Waals surface area contributed by atoms with Crippen molar-refractivity contribution in [1.82, 2.24) is 15.5 Å². The second-order valence-electron chi connectivity index (χ2n) is 8.81. The van der Waals surface area contributed by atoms with E-state index in [2.05, 4.69) is 20.8 Å². The summed E-state index contributed by atoms with van der Waals surface area (Å²) in [6, 6.07) is 0. The third-order valence-corrected chi connectivity index (χ3v) is 7.26. The molecule has 0 spiro atoms. The number of amides is 2. The maximum atomic E-state index is 11.9. The average Bonchev–Trinajstić information content (AvgIpc) is 3.46. The number of anilines is 1. The first-order valence-corrected chi connectivity index (χ1v) is 16.6. The summed E-state index contributed by atoms with van der Waals surface area (Å²) in [5.41, 5.74) is 0. The number of nitrogens with one attached hydrogen (secondary N) is 2. The number of primary sulfonamides is 1. The van der Waals surface area contributed by atoms with Crippen molar-refractivity contribution in [2.45, 2.75) is 43.4 Å². The van der Waals surface area contributed by atoms with Crippen LogP contribution in [0.25, 0.3) is 0 Å². The Balaban J connectivity index is 1.79. The molecule has 0 aliphatic carbocycles. The highest BCUT2D eigenvalue weighted by Crippen LogP contribution is 2.18. The lowest BCUT2D eigenvalue weighted by atomic mass is 10.3. The monoisotopic (exact) mass is 671 g/mol. The number of carbonyl (C=O) groups excluding carboxylic acids is 3. The van der Waals surface area contributed by atoms with E-state index >= 15 is 0 Å². The Morgan fingerprint density at radius 1 is 0.705 bits per heavy atom. The number of rotatable bonds is 29. The van der Waals surface area contributed by atoms with E-state index in [4.69, 9.17) is 38.3 Å². The molecular weight excluding hydrogens is 626 g/mol. The predicted octanol–water partition coefficient (Wildman–Crippen LogP) is -0.147. The number of sulfonamides is 1. The third kappa shape index (κ3) is 23.1. The minimum absolute atomic E-state index is 0.0247. The van der Waals surface area contributed by atoms with Gasteiger partial charge in [-0.3, -0.25) is 14.4 Å². The molecule has 0 unspecified atom stereocenters. The van der Waals surface area contributed by atoms with Crippen LogP contribution in [0.3, 0.4) is 0 Å². The molecule has 0 radical (unpaired) electrons. The molecule has 4 N–H and O–H groups in total. The zero-order valence-electron chi connectivity index (χ0n) is 25.1. The summed E-state index contributed by atoms with van der Waals surface area (Å²) in [5, 5.41) is 16.8. The van der Waals surface area contributed by atoms with Crippen LogP contribution in [-0.4, -0.2) is 129 Å². The first-order chi connectivity index (χ1) is 21.2. The van der Waals surface area contributed by atoms with E-state index in [1.54, 1.807) is 0 Å². The van der Waals surface area contributed by atoms with Crippen molar-refractivity contribution >= 4 is 44.3 Å². The van der Waals surface area contributed by atoms with E-state index in [0.29, 0.717) is 90.6 Å². The molecule has 0 aromatic carbocycles. The Bertz CT molecular complexity index is 1030. The van der Waals surface area contributed by atoms with Crippen LogP contribution in [0.5, 0.6) is 0 Å². The lowest BCUT2D eigenvalue weighted by Gasteiger charge is -2.09. The number of carbonyl (C=O) groups is 3. The molecule has 0 saturated heterocycles. The fourth-order valence-corrected chi connectivity index (χ4v) is 4.24. The highest BCUT2D eigenvalue weighted by molar-refractivity contribution is 7.91. The van der Waals surface area contributed by atoms with Crippen LogP contribution < -0.4 is 15.8 Å². The summed E-state index contributed by atoms with van der Waals surface area (Å²) in [6.07, 6.45) is 1.92. The van der Waals surface area contributed by atoms with Crippen LogP contribution in [0, 0.1) is 0 Å². The summed E-state index contributed by atoms with van der Waals surface area (Å²) in [7, 11) is -3.99. The topological polar surface area (TPSA) is 226 Å². The quantitative estimate of drug-likeness (QED) is 0.0572. The standard InChI is InChI=1S/C25H45N5O12S2/c1-2-3-8-42-23(33)6-9-36-11-13-38-15-17-40-19-20-41-18-16-39-14-12-37-10-7-27-21(31)4-5-22(32)28-24-29-30-25(43-24)44(26,34)35/h2-20H2,1H3,(H,27,31)(H2,26,34,35)(H,28,29,32). The molecule has 0 bridgehead atoms. The van der Waals surface area contributed by atoms with E-state index < -0.39 is 20.3 Å². The molecule has 1 heterocycles. The van der Waals surface area contributed by atoms with Crippen molar-refractivity contribution in [1.29, 1.82) is 0 Å². The Hall–Kier alpha value is -2.36. The normalized spacial score (nSPS) is 11.4. The number of ether oxygens (including phenoxy) is 7. The van der Waals surface area contributed by atoms with Crippen molar-refractivity contribution in [2.24, 2.45) is 5.14 Å². The molecule has 1 aromatic rings. The predicted molar refractivity (Wildman–Crippen MR) is 158 cm³/mol. The molecule has 254 valence electrons. The zero-order valence-corrected chi connectivity index (χ0v) is 26.8. The van der Waals surface area contributed by atoms with Gasteiger partial charge in [0.05, 0.1) is 92.3 Å². The van der Waals surface area contributed by atoms with Gasteiger partial charge in [0.2, 0.25) is 21.3 Å². The van der Waals surface area contributed by atoms with Crippen LogP contribution in [0.1, 0.15) is 39.0 Å². The third-order valence-electron chi connectivity index (χ3n) is 5.12. The molecule has 0 aliphatic heterocycles. The Morgan fingerprint density at radius 2 is 1.20 bits per heavy atom. The average molecular weight is 672 g/mol. The van der Waals surface area contributed by atoms with Gasteiger partial charge in [-0.2, -0.15) is 0 Å². The lowest BCUT2D eigenvalue weighted by Crippen LogP contribution is -2.28. The Morgan fingerprint density at radius 3 is 1.70 bits per heavy atom. The molecule has 2 amide bonds. The summed E-state index contributed by atoms with van der Waals surface area (Å²) in [5.74, 6) is -1.09. The van der Waals surface area contributed by atoms with Crippen LogP contribution in [0.4, 0.5) is 5.13 Å². The first-order valence-electron chi connectivity index (χ1n) is 14.3. The first kappa shape index (κ1) is 39.7. The van der Waals surface area contributed by atoms with E-state index in [0.717, 1.165) is 12.8 Å². The van der Waals surface area contributed by atoms with Gasteiger partial charge in [-0.15, -0.1) is 10.2 Å². The molecule has 19 heteroatoms. The number of hydrogen-bond donors (Lipinski definition) is 3. The smallest absolute Gasteiger partial charge is 0.308 e. The van der Waals surface area contributed by atoms with Crippen LogP contribution in [0.15, 0.2) is 4.34 Å².